The van der Waals surface area contributed by atoms with Crippen molar-refractivity contribution in [2.45, 2.75) is 18.2 Å². The minimum Gasteiger partial charge on any atom is -0.289 e. The molecule has 2 heteroatoms. The summed E-state index contributed by atoms with van der Waals surface area (Å²) < 4.78 is 0. The molecule has 2 aromatic rings. The van der Waals surface area contributed by atoms with Crippen LogP contribution in [0.2, 0.25) is 0 Å². The third-order valence-corrected chi connectivity index (χ3v) is 4.29. The number of hydrogen-bond donors (Lipinski definition) is 0. The van der Waals surface area contributed by atoms with E-state index in [1.165, 1.54) is 10.5 Å². The monoisotopic (exact) mass is 254 g/mol. The predicted octanol–water partition coefficient (Wildman–Crippen LogP) is 3.93. The second-order valence-electron chi connectivity index (χ2n) is 4.38. The minimum absolute atomic E-state index is 0.172. The zero-order valence-corrected chi connectivity index (χ0v) is 11.1. The van der Waals surface area contributed by atoms with Crippen LogP contribution in [0.1, 0.15) is 34.0 Å². The lowest BCUT2D eigenvalue weighted by molar-refractivity contribution is 0.103. The predicted molar refractivity (Wildman–Crippen MR) is 75.5 cm³/mol. The molecule has 0 bridgehead atoms. The second-order valence-corrected chi connectivity index (χ2v) is 5.68. The number of carbonyl (C=O) groups is 1. The molecule has 0 unspecified atom stereocenters. The molecule has 0 saturated heterocycles. The van der Waals surface area contributed by atoms with Crippen molar-refractivity contribution < 1.29 is 4.79 Å². The first-order valence-corrected chi connectivity index (χ1v) is 7.17. The summed E-state index contributed by atoms with van der Waals surface area (Å²) in [7, 11) is 0. The lowest BCUT2D eigenvalue weighted by atomic mass is 9.85. The Morgan fingerprint density at radius 2 is 1.83 bits per heavy atom. The van der Waals surface area contributed by atoms with E-state index in [0.717, 1.165) is 28.9 Å². The Kier molecular flexibility index (Phi) is 2.96. The Hall–Kier alpha value is -1.54. The van der Waals surface area contributed by atoms with Gasteiger partial charge in [0.15, 0.2) is 5.78 Å². The molecule has 0 fully saturated rings. The van der Waals surface area contributed by atoms with Gasteiger partial charge in [-0.25, -0.2) is 0 Å². The van der Waals surface area contributed by atoms with Crippen molar-refractivity contribution in [2.24, 2.45) is 0 Å². The number of ketones is 1. The van der Waals surface area contributed by atoms with E-state index in [4.69, 9.17) is 0 Å². The summed E-state index contributed by atoms with van der Waals surface area (Å²) in [5.41, 5.74) is 4.10. The van der Waals surface area contributed by atoms with Gasteiger partial charge in [0.25, 0.3) is 0 Å². The molecule has 2 aromatic carbocycles. The fraction of sp³-hybridized carbons (Fsp3) is 0.188. The maximum absolute atomic E-state index is 12.5. The summed E-state index contributed by atoms with van der Waals surface area (Å²) in [6, 6.07) is 14.0. The van der Waals surface area contributed by atoms with E-state index >= 15 is 0 Å². The van der Waals surface area contributed by atoms with E-state index in [0.29, 0.717) is 0 Å². The molecule has 1 nitrogen and oxygen atoms in total. The van der Waals surface area contributed by atoms with Crippen LogP contribution < -0.4 is 0 Å². The minimum atomic E-state index is 0.172. The molecule has 0 heterocycles. The number of hydrogen-bond acceptors (Lipinski definition) is 2. The molecule has 0 spiro atoms. The topological polar surface area (TPSA) is 17.1 Å². The summed E-state index contributed by atoms with van der Waals surface area (Å²) in [6.45, 7) is 2.14. The van der Waals surface area contributed by atoms with Crippen LogP contribution in [0, 0.1) is 0 Å². The molecule has 0 N–H and O–H groups in total. The lowest BCUT2D eigenvalue weighted by Gasteiger charge is -2.20. The first kappa shape index (κ1) is 11.5. The van der Waals surface area contributed by atoms with Crippen LogP contribution in [-0.2, 0) is 6.42 Å². The first-order chi connectivity index (χ1) is 8.81. The Bertz CT molecular complexity index is 616. The smallest absolute Gasteiger partial charge is 0.193 e. The first-order valence-electron chi connectivity index (χ1n) is 6.18. The van der Waals surface area contributed by atoms with Gasteiger partial charge in [-0.05, 0) is 22.9 Å². The van der Waals surface area contributed by atoms with E-state index < -0.39 is 0 Å². The van der Waals surface area contributed by atoms with Gasteiger partial charge in [0.2, 0.25) is 0 Å². The molecule has 0 radical (unpaired) electrons. The third-order valence-electron chi connectivity index (χ3n) is 3.31. The fourth-order valence-electron chi connectivity index (χ4n) is 2.48. The van der Waals surface area contributed by atoms with Crippen molar-refractivity contribution >= 4 is 17.5 Å². The van der Waals surface area contributed by atoms with Crippen molar-refractivity contribution in [2.75, 3.05) is 5.75 Å². The Morgan fingerprint density at radius 3 is 2.67 bits per heavy atom. The Balaban J connectivity index is 2.16. The van der Waals surface area contributed by atoms with Crippen LogP contribution >= 0.6 is 11.8 Å². The van der Waals surface area contributed by atoms with Crippen molar-refractivity contribution in [3.05, 3.63) is 64.7 Å². The highest BCUT2D eigenvalue weighted by Gasteiger charge is 2.24. The standard InChI is InChI=1S/C16H14OS/c1-2-18-15-9-5-8-13-14(15)10-11-6-3-4-7-12(11)16(13)17/h3-9H,2,10H2,1H3. The number of fused-ring (bicyclic) bond motifs is 2. The molecule has 0 amide bonds. The van der Waals surface area contributed by atoms with Crippen LogP contribution in [0.5, 0.6) is 0 Å². The zero-order chi connectivity index (χ0) is 12.5. The summed E-state index contributed by atoms with van der Waals surface area (Å²) in [5, 5.41) is 0. The Labute approximate surface area is 111 Å². The van der Waals surface area contributed by atoms with E-state index in [9.17, 15) is 4.79 Å². The highest BCUT2D eigenvalue weighted by molar-refractivity contribution is 7.99. The summed E-state index contributed by atoms with van der Waals surface area (Å²) in [6.07, 6.45) is 0.875. The van der Waals surface area contributed by atoms with Crippen LogP contribution in [0.4, 0.5) is 0 Å². The van der Waals surface area contributed by atoms with E-state index in [1.807, 2.05) is 42.1 Å². The normalized spacial score (nSPS) is 13.1. The number of benzene rings is 2. The fourth-order valence-corrected chi connectivity index (χ4v) is 3.33. The molecule has 1 aliphatic carbocycles. The number of rotatable bonds is 2. The third kappa shape index (κ3) is 1.77. The quantitative estimate of drug-likeness (QED) is 0.644. The molecular formula is C16H14OS. The van der Waals surface area contributed by atoms with Crippen molar-refractivity contribution in [1.29, 1.82) is 0 Å². The molecular weight excluding hydrogens is 240 g/mol. The maximum atomic E-state index is 12.5. The average Bonchev–Trinajstić information content (AvgIpc) is 2.40. The van der Waals surface area contributed by atoms with Crippen LogP contribution in [0.15, 0.2) is 47.4 Å². The molecule has 0 aromatic heterocycles. The summed E-state index contributed by atoms with van der Waals surface area (Å²) in [4.78, 5) is 13.7. The van der Waals surface area contributed by atoms with Gasteiger partial charge in [0.05, 0.1) is 0 Å². The van der Waals surface area contributed by atoms with Gasteiger partial charge in [-0.1, -0.05) is 43.3 Å². The van der Waals surface area contributed by atoms with Crippen molar-refractivity contribution in [1.82, 2.24) is 0 Å². The SMILES string of the molecule is CCSc1cccc2c1Cc1ccccc1C2=O. The zero-order valence-electron chi connectivity index (χ0n) is 10.3. The van der Waals surface area contributed by atoms with E-state index in [1.54, 1.807) is 0 Å². The average molecular weight is 254 g/mol. The summed E-state index contributed by atoms with van der Waals surface area (Å²) in [5.74, 6) is 1.21. The van der Waals surface area contributed by atoms with Crippen LogP contribution in [-0.4, -0.2) is 11.5 Å². The molecule has 18 heavy (non-hydrogen) atoms. The van der Waals surface area contributed by atoms with Crippen molar-refractivity contribution in [3.8, 4) is 0 Å². The van der Waals surface area contributed by atoms with E-state index in [-0.39, 0.29) is 5.78 Å². The Morgan fingerprint density at radius 1 is 1.06 bits per heavy atom. The van der Waals surface area contributed by atoms with Crippen molar-refractivity contribution in [3.63, 3.8) is 0 Å². The summed E-state index contributed by atoms with van der Waals surface area (Å²) >= 11 is 1.81. The maximum Gasteiger partial charge on any atom is 0.193 e. The molecule has 0 saturated carbocycles. The highest BCUT2D eigenvalue weighted by atomic mass is 32.2. The molecule has 0 aliphatic heterocycles. The van der Waals surface area contributed by atoms with Gasteiger partial charge in [0, 0.05) is 22.4 Å². The molecule has 0 atom stereocenters. The van der Waals surface area contributed by atoms with Gasteiger partial charge in [-0.15, -0.1) is 11.8 Å². The number of thioether (sulfide) groups is 1. The van der Waals surface area contributed by atoms with Gasteiger partial charge in [-0.3, -0.25) is 4.79 Å². The van der Waals surface area contributed by atoms with Crippen LogP contribution in [0.3, 0.4) is 0 Å². The largest absolute Gasteiger partial charge is 0.289 e. The van der Waals surface area contributed by atoms with Gasteiger partial charge in [-0.2, -0.15) is 0 Å². The second kappa shape index (κ2) is 4.62. The van der Waals surface area contributed by atoms with Gasteiger partial charge in [0.1, 0.15) is 0 Å². The van der Waals surface area contributed by atoms with E-state index in [2.05, 4.69) is 19.1 Å². The molecule has 90 valence electrons. The van der Waals surface area contributed by atoms with Gasteiger partial charge < -0.3 is 0 Å². The van der Waals surface area contributed by atoms with Gasteiger partial charge >= 0.3 is 0 Å². The lowest BCUT2D eigenvalue weighted by Crippen LogP contribution is -2.15. The van der Waals surface area contributed by atoms with Crippen LogP contribution in [0.25, 0.3) is 0 Å². The molecule has 1 aliphatic rings. The molecule has 3 rings (SSSR count). The number of carbonyl (C=O) groups excluding carboxylic acids is 1. The highest BCUT2D eigenvalue weighted by Crippen LogP contribution is 2.33.